The number of piperazine rings is 1. The van der Waals surface area contributed by atoms with Gasteiger partial charge in [-0.15, -0.1) is 0 Å². The van der Waals surface area contributed by atoms with Crippen LogP contribution in [0.1, 0.15) is 41.4 Å². The van der Waals surface area contributed by atoms with E-state index in [1.807, 2.05) is 20.2 Å². The van der Waals surface area contributed by atoms with E-state index in [0.717, 1.165) is 49.8 Å². The minimum Gasteiger partial charge on any atom is -0.339 e. The number of nitrogens with zero attached hydrogens (tertiary/aromatic N) is 6. The zero-order valence-electron chi connectivity index (χ0n) is 16.6. The third-order valence-corrected chi connectivity index (χ3v) is 5.62. The molecule has 1 amide bonds. The van der Waals surface area contributed by atoms with Crippen LogP contribution in [0, 0.1) is 6.92 Å². The van der Waals surface area contributed by atoms with E-state index in [0.29, 0.717) is 18.8 Å². The van der Waals surface area contributed by atoms with Crippen molar-refractivity contribution in [1.29, 1.82) is 0 Å². The summed E-state index contributed by atoms with van der Waals surface area (Å²) in [4.78, 5) is 16.7. The van der Waals surface area contributed by atoms with Crippen LogP contribution in [0.4, 0.5) is 13.2 Å². The minimum absolute atomic E-state index is 0.0889. The van der Waals surface area contributed by atoms with Gasteiger partial charge in [-0.3, -0.25) is 19.1 Å². The summed E-state index contributed by atoms with van der Waals surface area (Å²) in [5.41, 5.74) is 1.77. The van der Waals surface area contributed by atoms with Gasteiger partial charge in [0, 0.05) is 63.1 Å². The van der Waals surface area contributed by atoms with E-state index < -0.39 is 11.9 Å². The van der Waals surface area contributed by atoms with Crippen molar-refractivity contribution in [2.24, 2.45) is 7.05 Å². The molecule has 0 N–H and O–H groups in total. The Balaban J connectivity index is 1.35. The van der Waals surface area contributed by atoms with Crippen molar-refractivity contribution in [3.8, 4) is 0 Å². The highest BCUT2D eigenvalue weighted by Gasteiger charge is 2.38. The molecule has 1 saturated heterocycles. The maximum absolute atomic E-state index is 13.0. The third-order valence-electron chi connectivity index (χ3n) is 5.62. The van der Waals surface area contributed by atoms with Crippen LogP contribution in [0.25, 0.3) is 0 Å². The molecule has 2 aliphatic rings. The molecule has 1 aliphatic heterocycles. The fourth-order valence-corrected chi connectivity index (χ4v) is 3.83. The SMILES string of the molecule is Cc1nn(C)cc1CN1CCN(C(=O)Cn2nc(C(F)(F)F)cc2C2CC2)CC1. The fraction of sp³-hybridized carbons (Fsp3) is 0.632. The molecule has 0 spiro atoms. The monoisotopic (exact) mass is 410 g/mol. The van der Waals surface area contributed by atoms with Gasteiger partial charge in [0.05, 0.1) is 5.69 Å². The zero-order chi connectivity index (χ0) is 20.8. The largest absolute Gasteiger partial charge is 0.435 e. The smallest absolute Gasteiger partial charge is 0.339 e. The molecule has 0 bridgehead atoms. The summed E-state index contributed by atoms with van der Waals surface area (Å²) in [7, 11) is 1.89. The third kappa shape index (κ3) is 4.47. The molecule has 1 saturated carbocycles. The van der Waals surface area contributed by atoms with E-state index in [-0.39, 0.29) is 18.4 Å². The van der Waals surface area contributed by atoms with Crippen molar-refractivity contribution >= 4 is 5.91 Å². The molecule has 0 unspecified atom stereocenters. The van der Waals surface area contributed by atoms with Crippen LogP contribution in [0.15, 0.2) is 12.3 Å². The number of rotatable bonds is 5. The summed E-state index contributed by atoms with van der Waals surface area (Å²) in [6.45, 7) is 5.19. The van der Waals surface area contributed by atoms with Crippen LogP contribution in [0.5, 0.6) is 0 Å². The van der Waals surface area contributed by atoms with Crippen LogP contribution in [-0.4, -0.2) is 61.4 Å². The molecule has 3 heterocycles. The molecule has 2 aromatic heterocycles. The van der Waals surface area contributed by atoms with Crippen molar-refractivity contribution in [1.82, 2.24) is 29.4 Å². The summed E-state index contributed by atoms with van der Waals surface area (Å²) < 4.78 is 42.1. The van der Waals surface area contributed by atoms with Gasteiger partial charge in [-0.25, -0.2) is 0 Å². The summed E-state index contributed by atoms with van der Waals surface area (Å²) >= 11 is 0. The van der Waals surface area contributed by atoms with Gasteiger partial charge in [0.25, 0.3) is 0 Å². The van der Waals surface area contributed by atoms with Crippen molar-refractivity contribution < 1.29 is 18.0 Å². The van der Waals surface area contributed by atoms with Gasteiger partial charge >= 0.3 is 6.18 Å². The normalized spacial score (nSPS) is 18.4. The lowest BCUT2D eigenvalue weighted by Crippen LogP contribution is -2.49. The Labute approximate surface area is 167 Å². The van der Waals surface area contributed by atoms with Crippen molar-refractivity contribution in [3.05, 3.63) is 34.9 Å². The molecule has 0 aromatic carbocycles. The number of carbonyl (C=O) groups is 1. The highest BCUT2D eigenvalue weighted by atomic mass is 19.4. The van der Waals surface area contributed by atoms with Gasteiger partial charge in [0.15, 0.2) is 5.69 Å². The van der Waals surface area contributed by atoms with Gasteiger partial charge in [0.2, 0.25) is 5.91 Å². The first kappa shape index (κ1) is 19.9. The van der Waals surface area contributed by atoms with Gasteiger partial charge in [0.1, 0.15) is 6.54 Å². The van der Waals surface area contributed by atoms with Gasteiger partial charge in [-0.05, 0) is 25.8 Å². The molecular formula is C19H25F3N6O. The molecule has 1 aliphatic carbocycles. The Hall–Kier alpha value is -2.36. The Kier molecular flexibility index (Phi) is 5.14. The van der Waals surface area contributed by atoms with E-state index in [1.165, 1.54) is 4.68 Å². The predicted molar refractivity (Wildman–Crippen MR) is 99.0 cm³/mol. The highest BCUT2D eigenvalue weighted by Crippen LogP contribution is 2.42. The minimum atomic E-state index is -4.49. The summed E-state index contributed by atoms with van der Waals surface area (Å²) in [6, 6.07) is 1.10. The summed E-state index contributed by atoms with van der Waals surface area (Å²) in [5, 5.41) is 8.03. The molecular weight excluding hydrogens is 385 g/mol. The van der Waals surface area contributed by atoms with Gasteiger partial charge in [-0.2, -0.15) is 23.4 Å². The number of hydrogen-bond donors (Lipinski definition) is 0. The van der Waals surface area contributed by atoms with E-state index in [4.69, 9.17) is 0 Å². The predicted octanol–water partition coefficient (Wildman–Crippen LogP) is 2.17. The van der Waals surface area contributed by atoms with Gasteiger partial charge in [-0.1, -0.05) is 0 Å². The molecule has 2 aromatic rings. The lowest BCUT2D eigenvalue weighted by Gasteiger charge is -2.34. The number of carbonyl (C=O) groups excluding carboxylic acids is 1. The van der Waals surface area contributed by atoms with Crippen LogP contribution in [-0.2, 0) is 31.1 Å². The second-order valence-corrected chi connectivity index (χ2v) is 7.95. The molecule has 0 atom stereocenters. The lowest BCUT2D eigenvalue weighted by atomic mass is 10.2. The number of aromatic nitrogens is 4. The standard InChI is InChI=1S/C19H25F3N6O/c1-13-15(10-25(2)23-13)11-26-5-7-27(8-6-26)18(29)12-28-16(14-3-4-14)9-17(24-28)19(20,21)22/h9-10,14H,3-8,11-12H2,1-2H3. The molecule has 7 nitrogen and oxygen atoms in total. The maximum atomic E-state index is 13.0. The van der Waals surface area contributed by atoms with Crippen LogP contribution >= 0.6 is 0 Å². The van der Waals surface area contributed by atoms with Crippen LogP contribution in [0.3, 0.4) is 0 Å². The zero-order valence-corrected chi connectivity index (χ0v) is 16.6. The number of halogens is 3. The first-order chi connectivity index (χ1) is 13.7. The quantitative estimate of drug-likeness (QED) is 0.758. The van der Waals surface area contributed by atoms with Crippen molar-refractivity contribution in [3.63, 3.8) is 0 Å². The number of hydrogen-bond acceptors (Lipinski definition) is 4. The molecule has 29 heavy (non-hydrogen) atoms. The maximum Gasteiger partial charge on any atom is 0.435 e. The Bertz CT molecular complexity index is 890. The summed E-state index contributed by atoms with van der Waals surface area (Å²) in [5.74, 6) is -0.0908. The van der Waals surface area contributed by atoms with Crippen molar-refractivity contribution in [2.75, 3.05) is 26.2 Å². The van der Waals surface area contributed by atoms with Crippen LogP contribution in [0.2, 0.25) is 0 Å². The van der Waals surface area contributed by atoms with E-state index >= 15 is 0 Å². The second kappa shape index (κ2) is 7.47. The van der Waals surface area contributed by atoms with E-state index in [9.17, 15) is 18.0 Å². The summed E-state index contributed by atoms with van der Waals surface area (Å²) in [6.07, 6.45) is -0.788. The van der Waals surface area contributed by atoms with Crippen molar-refractivity contribution in [2.45, 2.75) is 44.9 Å². The fourth-order valence-electron chi connectivity index (χ4n) is 3.83. The van der Waals surface area contributed by atoms with E-state index in [1.54, 1.807) is 9.58 Å². The highest BCUT2D eigenvalue weighted by molar-refractivity contribution is 5.76. The molecule has 158 valence electrons. The molecule has 10 heteroatoms. The topological polar surface area (TPSA) is 59.2 Å². The Morgan fingerprint density at radius 2 is 1.86 bits per heavy atom. The number of aryl methyl sites for hydroxylation is 2. The first-order valence-corrected chi connectivity index (χ1v) is 9.85. The molecule has 2 fully saturated rings. The van der Waals surface area contributed by atoms with Gasteiger partial charge < -0.3 is 4.90 Å². The number of alkyl halides is 3. The lowest BCUT2D eigenvalue weighted by molar-refractivity contribution is -0.142. The van der Waals surface area contributed by atoms with E-state index in [2.05, 4.69) is 15.1 Å². The molecule has 4 rings (SSSR count). The Morgan fingerprint density at radius 1 is 1.17 bits per heavy atom. The average Bonchev–Trinajstić information content (AvgIpc) is 3.32. The second-order valence-electron chi connectivity index (χ2n) is 7.95. The average molecular weight is 410 g/mol. The Morgan fingerprint density at radius 3 is 2.41 bits per heavy atom. The molecule has 0 radical (unpaired) electrons. The first-order valence-electron chi connectivity index (χ1n) is 9.85. The number of amides is 1. The van der Waals surface area contributed by atoms with Crippen LogP contribution < -0.4 is 0 Å².